The molecule has 0 saturated carbocycles. The number of fused-ring (bicyclic) bond motifs is 1. The summed E-state index contributed by atoms with van der Waals surface area (Å²) >= 11 is 1.24. The predicted molar refractivity (Wildman–Crippen MR) is 156 cm³/mol. The van der Waals surface area contributed by atoms with Gasteiger partial charge in [-0.1, -0.05) is 55.5 Å². The smallest absolute Gasteiger partial charge is 0.343 e. The van der Waals surface area contributed by atoms with Gasteiger partial charge in [0.1, 0.15) is 0 Å². The minimum Gasteiger partial charge on any atom is -0.490 e. The number of carbonyl (C=O) groups is 2. The predicted octanol–water partition coefficient (Wildman–Crippen LogP) is 3.87. The van der Waals surface area contributed by atoms with Gasteiger partial charge < -0.3 is 18.9 Å². The largest absolute Gasteiger partial charge is 0.490 e. The van der Waals surface area contributed by atoms with Crippen LogP contribution in [-0.2, 0) is 19.1 Å². The number of methoxy groups -OCH3 is 1. The second-order valence-corrected chi connectivity index (χ2v) is 10.6. The second-order valence-electron chi connectivity index (χ2n) is 9.63. The molecular formula is C31H34N2O7S. The average molecular weight is 579 g/mol. The van der Waals surface area contributed by atoms with E-state index in [-0.39, 0.29) is 18.8 Å². The lowest BCUT2D eigenvalue weighted by atomic mass is 9.93. The van der Waals surface area contributed by atoms with Crippen LogP contribution in [0.15, 0.2) is 63.5 Å². The molecule has 0 saturated heterocycles. The Labute approximate surface area is 242 Å². The summed E-state index contributed by atoms with van der Waals surface area (Å²) in [4.78, 5) is 43.7. The van der Waals surface area contributed by atoms with Crippen molar-refractivity contribution in [2.24, 2.45) is 4.99 Å². The zero-order valence-corrected chi connectivity index (χ0v) is 24.9. The molecule has 1 atom stereocenters. The Bertz CT molecular complexity index is 1650. The summed E-state index contributed by atoms with van der Waals surface area (Å²) in [6.45, 7) is 9.91. The van der Waals surface area contributed by atoms with Crippen LogP contribution in [0.3, 0.4) is 0 Å². The number of ether oxygens (including phenoxy) is 4. The Kier molecular flexibility index (Phi) is 9.44. The Balaban J connectivity index is 1.82. The molecule has 0 spiro atoms. The molecule has 216 valence electrons. The van der Waals surface area contributed by atoms with Gasteiger partial charge in [0.2, 0.25) is 0 Å². The van der Waals surface area contributed by atoms with Gasteiger partial charge in [0.05, 0.1) is 42.2 Å². The molecule has 0 bridgehead atoms. The van der Waals surface area contributed by atoms with Crippen molar-refractivity contribution in [3.8, 4) is 11.5 Å². The lowest BCUT2D eigenvalue weighted by Crippen LogP contribution is -2.39. The van der Waals surface area contributed by atoms with E-state index in [1.807, 2.05) is 31.2 Å². The third-order valence-electron chi connectivity index (χ3n) is 6.57. The molecule has 2 aromatic carbocycles. The quantitative estimate of drug-likeness (QED) is 0.336. The van der Waals surface area contributed by atoms with Gasteiger partial charge in [-0.05, 0) is 61.6 Å². The monoisotopic (exact) mass is 578 g/mol. The summed E-state index contributed by atoms with van der Waals surface area (Å²) in [6, 6.07) is 12.5. The van der Waals surface area contributed by atoms with E-state index in [1.54, 1.807) is 42.7 Å². The molecule has 0 aliphatic carbocycles. The number of aromatic nitrogens is 1. The number of thiazole rings is 1. The van der Waals surface area contributed by atoms with Crippen LogP contribution in [0.5, 0.6) is 11.5 Å². The minimum atomic E-state index is -0.679. The SMILES string of the molecule is CCOC(=O)C1=C(C)N=c2sc(=Cc3ccc(OCC(=O)OC)c(OCC)c3)c(=O)n2[C@H]1c1ccc(C(C)C)cc1. The zero-order chi connectivity index (χ0) is 29.7. The molecule has 1 aliphatic rings. The number of carbonyl (C=O) groups excluding carboxylic acids is 2. The van der Waals surface area contributed by atoms with E-state index < -0.39 is 18.0 Å². The van der Waals surface area contributed by atoms with Crippen LogP contribution in [0.25, 0.3) is 6.08 Å². The normalized spacial score (nSPS) is 14.9. The third-order valence-corrected chi connectivity index (χ3v) is 7.56. The molecule has 1 aliphatic heterocycles. The molecule has 2 heterocycles. The highest BCUT2D eigenvalue weighted by molar-refractivity contribution is 7.07. The van der Waals surface area contributed by atoms with Gasteiger partial charge in [0, 0.05) is 0 Å². The topological polar surface area (TPSA) is 105 Å². The van der Waals surface area contributed by atoms with Crippen molar-refractivity contribution in [2.45, 2.75) is 46.6 Å². The molecule has 9 nitrogen and oxygen atoms in total. The first-order chi connectivity index (χ1) is 19.7. The molecule has 4 rings (SSSR count). The summed E-state index contributed by atoms with van der Waals surface area (Å²) < 4.78 is 23.3. The molecule has 0 radical (unpaired) electrons. The molecular weight excluding hydrogens is 544 g/mol. The lowest BCUT2D eigenvalue weighted by molar-refractivity contribution is -0.143. The number of esters is 2. The molecule has 0 fully saturated rings. The maximum atomic E-state index is 13.9. The summed E-state index contributed by atoms with van der Waals surface area (Å²) in [7, 11) is 1.29. The Hall–Kier alpha value is -4.18. The van der Waals surface area contributed by atoms with E-state index in [0.717, 1.165) is 11.1 Å². The summed E-state index contributed by atoms with van der Waals surface area (Å²) in [5, 5.41) is 0. The fourth-order valence-electron chi connectivity index (χ4n) is 4.52. The number of rotatable bonds is 10. The van der Waals surface area contributed by atoms with Crippen molar-refractivity contribution in [2.75, 3.05) is 26.9 Å². The van der Waals surface area contributed by atoms with Gasteiger partial charge in [-0.3, -0.25) is 9.36 Å². The van der Waals surface area contributed by atoms with Crippen molar-refractivity contribution in [1.29, 1.82) is 0 Å². The summed E-state index contributed by atoms with van der Waals surface area (Å²) in [5.41, 5.74) is 3.23. The Morgan fingerprint density at radius 2 is 1.78 bits per heavy atom. The number of allylic oxidation sites excluding steroid dienone is 1. The van der Waals surface area contributed by atoms with Crippen LogP contribution >= 0.6 is 11.3 Å². The van der Waals surface area contributed by atoms with E-state index in [0.29, 0.717) is 50.2 Å². The van der Waals surface area contributed by atoms with Gasteiger partial charge in [-0.25, -0.2) is 14.6 Å². The van der Waals surface area contributed by atoms with E-state index in [1.165, 1.54) is 18.4 Å². The fourth-order valence-corrected chi connectivity index (χ4v) is 5.57. The number of benzene rings is 2. The minimum absolute atomic E-state index is 0.209. The van der Waals surface area contributed by atoms with Crippen LogP contribution < -0.4 is 24.4 Å². The van der Waals surface area contributed by atoms with Crippen LogP contribution in [-0.4, -0.2) is 43.4 Å². The van der Waals surface area contributed by atoms with Gasteiger partial charge in [0.15, 0.2) is 22.9 Å². The van der Waals surface area contributed by atoms with E-state index in [2.05, 4.69) is 23.6 Å². The maximum absolute atomic E-state index is 13.9. The van der Waals surface area contributed by atoms with E-state index >= 15 is 0 Å². The molecule has 0 amide bonds. The highest BCUT2D eigenvalue weighted by Crippen LogP contribution is 2.32. The van der Waals surface area contributed by atoms with E-state index in [4.69, 9.17) is 14.2 Å². The van der Waals surface area contributed by atoms with Crippen molar-refractivity contribution in [3.05, 3.63) is 90.1 Å². The summed E-state index contributed by atoms with van der Waals surface area (Å²) in [5.74, 6) is 0.150. The number of hydrogen-bond acceptors (Lipinski definition) is 9. The van der Waals surface area contributed by atoms with Gasteiger partial charge >= 0.3 is 11.9 Å². The highest BCUT2D eigenvalue weighted by Gasteiger charge is 2.33. The zero-order valence-electron chi connectivity index (χ0n) is 24.1. The number of hydrogen-bond donors (Lipinski definition) is 0. The first-order valence-electron chi connectivity index (χ1n) is 13.4. The molecule has 0 unspecified atom stereocenters. The third kappa shape index (κ3) is 6.43. The van der Waals surface area contributed by atoms with Crippen molar-refractivity contribution in [3.63, 3.8) is 0 Å². The van der Waals surface area contributed by atoms with Crippen LogP contribution in [0, 0.1) is 0 Å². The molecule has 3 aromatic rings. The van der Waals surface area contributed by atoms with Gasteiger partial charge in [-0.2, -0.15) is 0 Å². The van der Waals surface area contributed by atoms with Gasteiger partial charge in [0.25, 0.3) is 5.56 Å². The van der Waals surface area contributed by atoms with Crippen LogP contribution in [0.2, 0.25) is 0 Å². The van der Waals surface area contributed by atoms with Crippen molar-refractivity contribution >= 4 is 29.4 Å². The van der Waals surface area contributed by atoms with E-state index in [9.17, 15) is 14.4 Å². The first-order valence-corrected chi connectivity index (χ1v) is 14.3. The standard InChI is InChI=1S/C31H34N2O7S/c1-7-38-24-15-20(9-14-23(24)40-17-26(34)37-6)16-25-29(35)33-28(22-12-10-21(11-13-22)18(3)4)27(30(36)39-8-2)19(5)32-31(33)41-25/h9-16,18,28H,7-8,17H2,1-6H3/t28-/m0/s1. The maximum Gasteiger partial charge on any atom is 0.343 e. The Morgan fingerprint density at radius 3 is 2.41 bits per heavy atom. The summed E-state index contributed by atoms with van der Waals surface area (Å²) in [6.07, 6.45) is 1.75. The number of nitrogens with zero attached hydrogens (tertiary/aromatic N) is 2. The average Bonchev–Trinajstić information content (AvgIpc) is 3.25. The fraction of sp³-hybridized carbons (Fsp3) is 0.355. The first kappa shape index (κ1) is 29.8. The second kappa shape index (κ2) is 13.0. The van der Waals surface area contributed by atoms with Crippen molar-refractivity contribution < 1.29 is 28.5 Å². The molecule has 1 aromatic heterocycles. The Morgan fingerprint density at radius 1 is 1.05 bits per heavy atom. The van der Waals surface area contributed by atoms with Crippen LogP contribution in [0.1, 0.15) is 63.3 Å². The highest BCUT2D eigenvalue weighted by atomic mass is 32.1. The molecule has 41 heavy (non-hydrogen) atoms. The van der Waals surface area contributed by atoms with Gasteiger partial charge in [-0.15, -0.1) is 0 Å². The lowest BCUT2D eigenvalue weighted by Gasteiger charge is -2.25. The molecule has 0 N–H and O–H groups in total. The molecule has 10 heteroatoms. The van der Waals surface area contributed by atoms with Crippen molar-refractivity contribution in [1.82, 2.24) is 4.57 Å². The van der Waals surface area contributed by atoms with Crippen LogP contribution in [0.4, 0.5) is 0 Å².